The molecule has 1 N–H and O–H groups in total. The minimum atomic E-state index is -0.177. The third-order valence-electron chi connectivity index (χ3n) is 5.13. The number of ether oxygens (including phenoxy) is 1. The smallest absolute Gasteiger partial charge is 0.226 e. The van der Waals surface area contributed by atoms with E-state index < -0.39 is 0 Å². The first-order chi connectivity index (χ1) is 12.4. The summed E-state index contributed by atoms with van der Waals surface area (Å²) < 4.78 is 5.96. The quantitative estimate of drug-likeness (QED) is 0.766. The largest absolute Gasteiger partial charge is 0.486 e. The summed E-state index contributed by atoms with van der Waals surface area (Å²) in [5.74, 6) is 0.881. The highest BCUT2D eigenvalue weighted by Gasteiger charge is 2.45. The van der Waals surface area contributed by atoms with Crippen molar-refractivity contribution in [3.63, 3.8) is 0 Å². The van der Waals surface area contributed by atoms with Gasteiger partial charge in [0.25, 0.3) is 0 Å². The first-order valence-corrected chi connectivity index (χ1v) is 9.94. The number of amides is 1. The third-order valence-corrected chi connectivity index (χ3v) is 6.64. The van der Waals surface area contributed by atoms with Crippen LogP contribution < -0.4 is 10.1 Å². The second-order valence-corrected chi connectivity index (χ2v) is 8.87. The lowest BCUT2D eigenvalue weighted by molar-refractivity contribution is -0.126. The van der Waals surface area contributed by atoms with Crippen molar-refractivity contribution in [3.05, 3.63) is 39.7 Å². The van der Waals surface area contributed by atoms with Crippen molar-refractivity contribution in [3.8, 4) is 16.2 Å². The predicted octanol–water partition coefficient (Wildman–Crippen LogP) is 4.49. The van der Waals surface area contributed by atoms with E-state index >= 15 is 0 Å². The number of rotatable bonds is 5. The van der Waals surface area contributed by atoms with Gasteiger partial charge in [0, 0.05) is 22.3 Å². The predicted molar refractivity (Wildman–Crippen MR) is 103 cm³/mol. The summed E-state index contributed by atoms with van der Waals surface area (Å²) in [6.07, 6.45) is 2.54. The lowest BCUT2D eigenvalue weighted by Crippen LogP contribution is -2.38. The van der Waals surface area contributed by atoms with Gasteiger partial charge in [-0.1, -0.05) is 18.5 Å². The molecule has 26 heavy (non-hydrogen) atoms. The molecule has 0 radical (unpaired) electrons. The van der Waals surface area contributed by atoms with Crippen LogP contribution in [0, 0.1) is 5.41 Å². The Labute approximate surface area is 161 Å². The fraction of sp³-hybridized carbons (Fsp3) is 0.400. The highest BCUT2D eigenvalue weighted by atomic mass is 35.5. The van der Waals surface area contributed by atoms with Crippen LogP contribution in [0.15, 0.2) is 24.3 Å². The monoisotopic (exact) mass is 389 g/mol. The number of fused-ring (bicyclic) bond motifs is 1. The molecule has 1 aliphatic heterocycles. The second kappa shape index (κ2) is 6.39. The van der Waals surface area contributed by atoms with Crippen molar-refractivity contribution >= 4 is 34.6 Å². The van der Waals surface area contributed by atoms with Gasteiger partial charge in [0.15, 0.2) is 5.78 Å². The lowest BCUT2D eigenvalue weighted by Gasteiger charge is -2.14. The minimum Gasteiger partial charge on any atom is -0.486 e. The summed E-state index contributed by atoms with van der Waals surface area (Å²) in [7, 11) is 0. The third kappa shape index (κ3) is 3.26. The molecule has 6 heteroatoms. The van der Waals surface area contributed by atoms with Crippen LogP contribution in [-0.2, 0) is 11.2 Å². The fourth-order valence-corrected chi connectivity index (χ4v) is 4.33. The number of nitrogens with one attached hydrogen (secondary N) is 1. The number of carbonyl (C=O) groups is 2. The van der Waals surface area contributed by atoms with Crippen molar-refractivity contribution < 1.29 is 14.3 Å². The van der Waals surface area contributed by atoms with E-state index in [9.17, 15) is 9.59 Å². The van der Waals surface area contributed by atoms with E-state index in [2.05, 4.69) is 11.4 Å². The maximum Gasteiger partial charge on any atom is 0.226 e. The number of hydrogen-bond donors (Lipinski definition) is 1. The normalized spacial score (nSPS) is 19.6. The van der Waals surface area contributed by atoms with Gasteiger partial charge in [-0.2, -0.15) is 0 Å². The first kappa shape index (κ1) is 17.6. The van der Waals surface area contributed by atoms with Crippen molar-refractivity contribution in [1.29, 1.82) is 0 Å². The maximum absolute atomic E-state index is 12.1. The Morgan fingerprint density at radius 2 is 2.12 bits per heavy atom. The van der Waals surface area contributed by atoms with Gasteiger partial charge in [-0.15, -0.1) is 11.3 Å². The van der Waals surface area contributed by atoms with Crippen molar-refractivity contribution in [2.24, 2.45) is 5.41 Å². The number of hydrogen-bond acceptors (Lipinski definition) is 4. The molecule has 136 valence electrons. The number of thiophene rings is 1. The molecule has 1 aromatic carbocycles. The van der Waals surface area contributed by atoms with E-state index in [0.29, 0.717) is 23.7 Å². The summed E-state index contributed by atoms with van der Waals surface area (Å²) in [6.45, 7) is 4.05. The van der Waals surface area contributed by atoms with Crippen LogP contribution in [0.4, 0.5) is 0 Å². The van der Waals surface area contributed by atoms with E-state index in [1.165, 1.54) is 11.3 Å². The zero-order valence-corrected chi connectivity index (χ0v) is 16.3. The fourth-order valence-electron chi connectivity index (χ4n) is 3.16. The molecule has 2 aliphatic rings. The summed E-state index contributed by atoms with van der Waals surface area (Å²) in [4.78, 5) is 25.4. The van der Waals surface area contributed by atoms with Gasteiger partial charge in [0.1, 0.15) is 11.9 Å². The molecule has 0 saturated heterocycles. The zero-order valence-electron chi connectivity index (χ0n) is 14.7. The molecule has 2 heterocycles. The average Bonchev–Trinajstić information content (AvgIpc) is 3.03. The molecule has 0 spiro atoms. The van der Waals surface area contributed by atoms with Crippen molar-refractivity contribution in [2.45, 2.75) is 39.2 Å². The van der Waals surface area contributed by atoms with Crippen LogP contribution in [0.2, 0.25) is 5.02 Å². The average molecular weight is 390 g/mol. The molecule has 4 rings (SSSR count). The van der Waals surface area contributed by atoms with Gasteiger partial charge in [-0.3, -0.25) is 9.59 Å². The molecule has 1 aliphatic carbocycles. The molecule has 1 amide bonds. The molecular weight excluding hydrogens is 370 g/mol. The summed E-state index contributed by atoms with van der Waals surface area (Å²) in [6, 6.07) is 7.74. The van der Waals surface area contributed by atoms with Gasteiger partial charge in [-0.25, -0.2) is 0 Å². The van der Waals surface area contributed by atoms with Gasteiger partial charge in [0.2, 0.25) is 5.91 Å². The number of carbonyl (C=O) groups excluding carboxylic acids is 2. The van der Waals surface area contributed by atoms with Crippen LogP contribution in [0.3, 0.4) is 0 Å². The summed E-state index contributed by atoms with van der Waals surface area (Å²) in [5.41, 5.74) is 1.86. The Hall–Kier alpha value is -1.85. The molecule has 0 bridgehead atoms. The zero-order chi connectivity index (χ0) is 18.5. The summed E-state index contributed by atoms with van der Waals surface area (Å²) in [5, 5.41) is 3.57. The van der Waals surface area contributed by atoms with E-state index in [-0.39, 0.29) is 23.2 Å². The van der Waals surface area contributed by atoms with Gasteiger partial charge >= 0.3 is 0 Å². The molecular formula is C20H20ClNO3S. The van der Waals surface area contributed by atoms with Gasteiger partial charge in [0.05, 0.1) is 16.4 Å². The molecule has 1 saturated carbocycles. The van der Waals surface area contributed by atoms with Gasteiger partial charge < -0.3 is 10.1 Å². The Morgan fingerprint density at radius 1 is 1.35 bits per heavy atom. The Bertz CT molecular complexity index is 900. The maximum atomic E-state index is 12.1. The lowest BCUT2D eigenvalue weighted by atomic mass is 10.0. The topological polar surface area (TPSA) is 55.4 Å². The van der Waals surface area contributed by atoms with Crippen LogP contribution >= 0.6 is 22.9 Å². The number of ketones is 1. The molecule has 1 atom stereocenters. The highest BCUT2D eigenvalue weighted by molar-refractivity contribution is 7.17. The van der Waals surface area contributed by atoms with E-state index in [1.807, 2.05) is 25.1 Å². The number of halogens is 1. The van der Waals surface area contributed by atoms with Gasteiger partial charge in [-0.05, 0) is 49.6 Å². The van der Waals surface area contributed by atoms with Crippen LogP contribution in [0.25, 0.3) is 10.4 Å². The van der Waals surface area contributed by atoms with Crippen molar-refractivity contribution in [2.75, 3.05) is 6.54 Å². The number of Topliss-reactive ketones (excluding diaryl/α,β-unsaturated/α-hetero) is 1. The number of benzene rings is 1. The van der Waals surface area contributed by atoms with Crippen LogP contribution in [-0.4, -0.2) is 24.3 Å². The molecule has 4 nitrogen and oxygen atoms in total. The summed E-state index contributed by atoms with van der Waals surface area (Å²) >= 11 is 7.90. The van der Waals surface area contributed by atoms with Crippen LogP contribution in [0.5, 0.6) is 5.75 Å². The molecule has 2 aromatic rings. The Kier molecular flexibility index (Phi) is 4.32. The van der Waals surface area contributed by atoms with E-state index in [1.54, 1.807) is 6.92 Å². The molecule has 1 unspecified atom stereocenters. The molecule has 1 fully saturated rings. The molecule has 1 aromatic heterocycles. The SMILES string of the molecule is CC(=O)c1ccc(-c2cc(Cl)c3c(c2)CC(CNC(=O)C2(C)CC2)O3)s1. The first-order valence-electron chi connectivity index (χ1n) is 8.74. The van der Waals surface area contributed by atoms with E-state index in [0.717, 1.165) is 33.7 Å². The Balaban J connectivity index is 1.48. The Morgan fingerprint density at radius 3 is 2.77 bits per heavy atom. The minimum absolute atomic E-state index is 0.0667. The van der Waals surface area contributed by atoms with Crippen molar-refractivity contribution in [1.82, 2.24) is 5.32 Å². The van der Waals surface area contributed by atoms with Crippen LogP contribution in [0.1, 0.15) is 41.9 Å². The highest BCUT2D eigenvalue weighted by Crippen LogP contribution is 2.45. The second-order valence-electron chi connectivity index (χ2n) is 7.38. The van der Waals surface area contributed by atoms with E-state index in [4.69, 9.17) is 16.3 Å². The standard InChI is InChI=1S/C20H20ClNO3S/c1-11(23)16-3-4-17(26-16)12-7-13-8-14(25-18(13)15(21)9-12)10-22-19(24)20(2)5-6-20/h3-4,7,9,14H,5-6,8,10H2,1-2H3,(H,22,24).